The Bertz CT molecular complexity index is 914. The van der Waals surface area contributed by atoms with Crippen LogP contribution in [0.4, 0.5) is 0 Å². The molecule has 166 valence electrons. The standard InChI is InChI=1S/C24H28Cl2N2O2S/c1-16-7-11-21(12-8-16)31-15-23(29)28(14-18-9-10-19(25)13-22(18)26)17(2)24(30)27-20-5-3-4-6-20/h7-13,17,20H,3-6,14-15H2,1-2H3,(H,27,30)/t17-/m0/s1. The summed E-state index contributed by atoms with van der Waals surface area (Å²) in [6.45, 7) is 4.06. The lowest BCUT2D eigenvalue weighted by atomic mass is 10.1. The van der Waals surface area contributed by atoms with Crippen molar-refractivity contribution in [1.29, 1.82) is 0 Å². The summed E-state index contributed by atoms with van der Waals surface area (Å²) in [7, 11) is 0. The number of amides is 2. The molecule has 0 aliphatic heterocycles. The van der Waals surface area contributed by atoms with E-state index in [1.807, 2.05) is 31.2 Å². The Kier molecular flexibility index (Phi) is 8.70. The SMILES string of the molecule is Cc1ccc(SCC(=O)N(Cc2ccc(Cl)cc2Cl)[C@@H](C)C(=O)NC2CCCC2)cc1. The first-order valence-electron chi connectivity index (χ1n) is 10.6. The molecule has 1 N–H and O–H groups in total. The smallest absolute Gasteiger partial charge is 0.242 e. The molecule has 0 heterocycles. The van der Waals surface area contributed by atoms with Crippen LogP contribution in [0.1, 0.15) is 43.7 Å². The molecule has 1 saturated carbocycles. The number of aryl methyl sites for hydroxylation is 1. The molecule has 1 fully saturated rings. The van der Waals surface area contributed by atoms with E-state index in [2.05, 4.69) is 5.32 Å². The number of nitrogens with one attached hydrogen (secondary N) is 1. The van der Waals surface area contributed by atoms with Gasteiger partial charge in [0.2, 0.25) is 11.8 Å². The van der Waals surface area contributed by atoms with Gasteiger partial charge in [-0.15, -0.1) is 11.8 Å². The summed E-state index contributed by atoms with van der Waals surface area (Å²) in [6.07, 6.45) is 4.27. The zero-order valence-corrected chi connectivity index (χ0v) is 20.2. The maximum Gasteiger partial charge on any atom is 0.242 e. The van der Waals surface area contributed by atoms with Gasteiger partial charge in [-0.05, 0) is 56.5 Å². The lowest BCUT2D eigenvalue weighted by Gasteiger charge is -2.30. The first-order valence-corrected chi connectivity index (χ1v) is 12.3. The second kappa shape index (κ2) is 11.3. The molecule has 1 aliphatic carbocycles. The van der Waals surface area contributed by atoms with Gasteiger partial charge in [0, 0.05) is 27.5 Å². The molecule has 4 nitrogen and oxygen atoms in total. The van der Waals surface area contributed by atoms with Crippen molar-refractivity contribution >= 4 is 46.8 Å². The highest BCUT2D eigenvalue weighted by atomic mass is 35.5. The van der Waals surface area contributed by atoms with E-state index in [-0.39, 0.29) is 30.2 Å². The van der Waals surface area contributed by atoms with Crippen molar-refractivity contribution in [2.75, 3.05) is 5.75 Å². The lowest BCUT2D eigenvalue weighted by molar-refractivity contribution is -0.138. The molecule has 2 aromatic carbocycles. The molecule has 2 aromatic rings. The topological polar surface area (TPSA) is 49.4 Å². The predicted octanol–water partition coefficient (Wildman–Crippen LogP) is 5.87. The fraction of sp³-hybridized carbons (Fsp3) is 0.417. The molecule has 0 radical (unpaired) electrons. The van der Waals surface area contributed by atoms with Gasteiger partial charge >= 0.3 is 0 Å². The monoisotopic (exact) mass is 478 g/mol. The number of halogens is 2. The summed E-state index contributed by atoms with van der Waals surface area (Å²) in [6, 6.07) is 12.9. The molecular formula is C24H28Cl2N2O2S. The zero-order valence-electron chi connectivity index (χ0n) is 17.9. The Hall–Kier alpha value is -1.69. The highest BCUT2D eigenvalue weighted by Crippen LogP contribution is 2.25. The molecule has 0 aromatic heterocycles. The molecule has 0 bridgehead atoms. The lowest BCUT2D eigenvalue weighted by Crippen LogP contribution is -2.50. The third-order valence-electron chi connectivity index (χ3n) is 5.61. The van der Waals surface area contributed by atoms with Crippen LogP contribution in [-0.4, -0.2) is 34.6 Å². The van der Waals surface area contributed by atoms with E-state index in [1.54, 1.807) is 30.0 Å². The van der Waals surface area contributed by atoms with E-state index in [1.165, 1.54) is 17.3 Å². The van der Waals surface area contributed by atoms with Crippen molar-refractivity contribution in [3.05, 3.63) is 63.6 Å². The minimum Gasteiger partial charge on any atom is -0.352 e. The van der Waals surface area contributed by atoms with Gasteiger partial charge in [0.05, 0.1) is 5.75 Å². The summed E-state index contributed by atoms with van der Waals surface area (Å²) in [5.41, 5.74) is 1.94. The number of carbonyl (C=O) groups is 2. The molecule has 0 spiro atoms. The van der Waals surface area contributed by atoms with E-state index in [0.717, 1.165) is 36.1 Å². The van der Waals surface area contributed by atoms with Gasteiger partial charge in [0.25, 0.3) is 0 Å². The van der Waals surface area contributed by atoms with E-state index in [9.17, 15) is 9.59 Å². The normalized spacial score (nSPS) is 15.0. The van der Waals surface area contributed by atoms with Gasteiger partial charge < -0.3 is 10.2 Å². The molecule has 0 unspecified atom stereocenters. The molecule has 3 rings (SSSR count). The van der Waals surface area contributed by atoms with E-state index in [0.29, 0.717) is 10.0 Å². The summed E-state index contributed by atoms with van der Waals surface area (Å²) in [5, 5.41) is 4.13. The summed E-state index contributed by atoms with van der Waals surface area (Å²) < 4.78 is 0. The van der Waals surface area contributed by atoms with Gasteiger partial charge in [-0.3, -0.25) is 9.59 Å². The molecule has 1 atom stereocenters. The zero-order chi connectivity index (χ0) is 22.4. The van der Waals surface area contributed by atoms with Gasteiger partial charge in [-0.2, -0.15) is 0 Å². The van der Waals surface area contributed by atoms with Crippen LogP contribution in [0, 0.1) is 6.92 Å². The van der Waals surface area contributed by atoms with Crippen molar-refractivity contribution in [3.8, 4) is 0 Å². The van der Waals surface area contributed by atoms with Crippen LogP contribution in [-0.2, 0) is 16.1 Å². The quantitative estimate of drug-likeness (QED) is 0.482. The van der Waals surface area contributed by atoms with Gasteiger partial charge in [-0.25, -0.2) is 0 Å². The van der Waals surface area contributed by atoms with Crippen molar-refractivity contribution < 1.29 is 9.59 Å². The van der Waals surface area contributed by atoms with Crippen LogP contribution >= 0.6 is 35.0 Å². The fourth-order valence-electron chi connectivity index (χ4n) is 3.67. The van der Waals surface area contributed by atoms with Crippen LogP contribution in [0.15, 0.2) is 47.4 Å². The van der Waals surface area contributed by atoms with Crippen LogP contribution in [0.3, 0.4) is 0 Å². The third-order valence-corrected chi connectivity index (χ3v) is 7.19. The highest BCUT2D eigenvalue weighted by molar-refractivity contribution is 8.00. The number of carbonyl (C=O) groups excluding carboxylic acids is 2. The number of rotatable bonds is 8. The Morgan fingerprint density at radius 2 is 1.81 bits per heavy atom. The van der Waals surface area contributed by atoms with Gasteiger partial charge in [0.15, 0.2) is 0 Å². The molecule has 1 aliphatic rings. The maximum atomic E-state index is 13.2. The van der Waals surface area contributed by atoms with Crippen molar-refractivity contribution in [3.63, 3.8) is 0 Å². The van der Waals surface area contributed by atoms with Crippen LogP contribution in [0.5, 0.6) is 0 Å². The fourth-order valence-corrected chi connectivity index (χ4v) is 4.92. The third kappa shape index (κ3) is 6.90. The number of hydrogen-bond acceptors (Lipinski definition) is 3. The average Bonchev–Trinajstić information content (AvgIpc) is 3.25. The molecule has 2 amide bonds. The number of benzene rings is 2. The summed E-state index contributed by atoms with van der Waals surface area (Å²) >= 11 is 13.8. The first kappa shape index (κ1) is 24.0. The van der Waals surface area contributed by atoms with Crippen LogP contribution in [0.25, 0.3) is 0 Å². The largest absolute Gasteiger partial charge is 0.352 e. The van der Waals surface area contributed by atoms with E-state index >= 15 is 0 Å². The van der Waals surface area contributed by atoms with E-state index < -0.39 is 6.04 Å². The number of thioether (sulfide) groups is 1. The van der Waals surface area contributed by atoms with Crippen molar-refractivity contribution in [1.82, 2.24) is 10.2 Å². The molecule has 7 heteroatoms. The summed E-state index contributed by atoms with van der Waals surface area (Å²) in [4.78, 5) is 28.8. The second-order valence-corrected chi connectivity index (χ2v) is 9.92. The van der Waals surface area contributed by atoms with Crippen molar-refractivity contribution in [2.24, 2.45) is 0 Å². The first-order chi connectivity index (χ1) is 14.8. The highest BCUT2D eigenvalue weighted by Gasteiger charge is 2.28. The number of hydrogen-bond donors (Lipinski definition) is 1. The minimum atomic E-state index is -0.599. The van der Waals surface area contributed by atoms with Gasteiger partial charge in [0.1, 0.15) is 6.04 Å². The predicted molar refractivity (Wildman–Crippen MR) is 129 cm³/mol. The van der Waals surface area contributed by atoms with E-state index in [4.69, 9.17) is 23.2 Å². The molecule has 0 saturated heterocycles. The maximum absolute atomic E-state index is 13.2. The van der Waals surface area contributed by atoms with Crippen molar-refractivity contribution in [2.45, 2.75) is 63.1 Å². The Morgan fingerprint density at radius 3 is 2.45 bits per heavy atom. The Balaban J connectivity index is 1.73. The number of nitrogens with zero attached hydrogens (tertiary/aromatic N) is 1. The van der Waals surface area contributed by atoms with Gasteiger partial charge in [-0.1, -0.05) is 59.8 Å². The van der Waals surface area contributed by atoms with Crippen LogP contribution in [0.2, 0.25) is 10.0 Å². The molecular weight excluding hydrogens is 451 g/mol. The molecule has 31 heavy (non-hydrogen) atoms. The Labute approximate surface area is 198 Å². The second-order valence-electron chi connectivity index (χ2n) is 8.03. The summed E-state index contributed by atoms with van der Waals surface area (Å²) in [5.74, 6) is 0.0197. The Morgan fingerprint density at radius 1 is 1.13 bits per heavy atom. The van der Waals surface area contributed by atoms with Crippen LogP contribution < -0.4 is 5.32 Å². The average molecular weight is 479 g/mol. The minimum absolute atomic E-state index is 0.106.